The summed E-state index contributed by atoms with van der Waals surface area (Å²) < 4.78 is 29.3. The van der Waals surface area contributed by atoms with Crippen molar-refractivity contribution in [2.24, 2.45) is 0 Å². The van der Waals surface area contributed by atoms with Gasteiger partial charge in [-0.2, -0.15) is 8.42 Å². The van der Waals surface area contributed by atoms with Crippen LogP contribution in [0.1, 0.15) is 26.2 Å². The van der Waals surface area contributed by atoms with Gasteiger partial charge >= 0.3 is 29.6 Å². The van der Waals surface area contributed by atoms with Gasteiger partial charge in [-0.05, 0) is 6.42 Å². The van der Waals surface area contributed by atoms with Gasteiger partial charge in [0, 0.05) is 0 Å². The Balaban J connectivity index is 0. The molecule has 5 nitrogen and oxygen atoms in total. The monoisotopic (exact) mass is 218 g/mol. The van der Waals surface area contributed by atoms with Crippen LogP contribution in [0.5, 0.6) is 0 Å². The minimum atomic E-state index is -4.50. The number of carboxylic acids is 1. The van der Waals surface area contributed by atoms with Crippen molar-refractivity contribution in [3.8, 4) is 0 Å². The smallest absolute Gasteiger partial charge is 0.549 e. The largest absolute Gasteiger partial charge is 1.00 e. The van der Waals surface area contributed by atoms with E-state index in [2.05, 4.69) is 0 Å². The molecule has 0 heterocycles. The fourth-order valence-corrected chi connectivity index (χ4v) is 1.49. The number of carbonyl (C=O) groups excluding carboxylic acids is 1. The molecule has 0 saturated carbocycles. The summed E-state index contributed by atoms with van der Waals surface area (Å²) in [6.07, 6.45) is 0.995. The summed E-state index contributed by atoms with van der Waals surface area (Å²) in [7, 11) is -4.50. The molecular formula is C6H11NaO5S. The Bertz CT molecular complexity index is 248. The number of hydrogen-bond acceptors (Lipinski definition) is 4. The van der Waals surface area contributed by atoms with E-state index in [1.165, 1.54) is 0 Å². The van der Waals surface area contributed by atoms with Crippen molar-refractivity contribution in [1.29, 1.82) is 0 Å². The summed E-state index contributed by atoms with van der Waals surface area (Å²) in [5, 5.41) is 8.42. The van der Waals surface area contributed by atoms with E-state index < -0.39 is 21.3 Å². The van der Waals surface area contributed by atoms with E-state index in [4.69, 9.17) is 4.55 Å². The summed E-state index contributed by atoms with van der Waals surface area (Å²) >= 11 is 0. The molecule has 0 bridgehead atoms. The fraction of sp³-hybridized carbons (Fsp3) is 0.833. The third-order valence-corrected chi connectivity index (χ3v) is 2.59. The Morgan fingerprint density at radius 1 is 1.54 bits per heavy atom. The molecule has 0 aliphatic carbocycles. The summed E-state index contributed by atoms with van der Waals surface area (Å²) in [6.45, 7) is 1.79. The van der Waals surface area contributed by atoms with Gasteiger partial charge in [0.15, 0.2) is 0 Å². The quantitative estimate of drug-likeness (QED) is 0.377. The number of carboxylic acid groups (broad SMARTS) is 1. The molecule has 0 amide bonds. The average molecular weight is 218 g/mol. The van der Waals surface area contributed by atoms with Crippen molar-refractivity contribution in [3.63, 3.8) is 0 Å². The summed E-state index contributed by atoms with van der Waals surface area (Å²) in [5.74, 6) is -1.74. The molecule has 0 aliphatic rings. The molecule has 0 aromatic heterocycles. The molecule has 72 valence electrons. The van der Waals surface area contributed by atoms with Crippen LogP contribution < -0.4 is 34.7 Å². The number of aliphatic carboxylic acids is 1. The van der Waals surface area contributed by atoms with Crippen LogP contribution in [0, 0.1) is 0 Å². The van der Waals surface area contributed by atoms with Gasteiger partial charge in [0.05, 0.1) is 5.97 Å². The fourth-order valence-electron chi connectivity index (χ4n) is 0.778. The molecule has 0 radical (unpaired) electrons. The maximum atomic E-state index is 10.4. The molecule has 13 heavy (non-hydrogen) atoms. The van der Waals surface area contributed by atoms with Crippen molar-refractivity contribution in [2.75, 3.05) is 0 Å². The van der Waals surface area contributed by atoms with Crippen LogP contribution >= 0.6 is 0 Å². The Morgan fingerprint density at radius 3 is 2.23 bits per heavy atom. The molecule has 0 aliphatic heterocycles. The molecule has 7 heteroatoms. The van der Waals surface area contributed by atoms with E-state index in [0.29, 0.717) is 12.8 Å². The Morgan fingerprint density at radius 2 is 2.00 bits per heavy atom. The molecular weight excluding hydrogens is 207 g/mol. The summed E-state index contributed by atoms with van der Waals surface area (Å²) in [4.78, 5) is 10.2. The molecule has 1 N–H and O–H groups in total. The van der Waals surface area contributed by atoms with E-state index in [-0.39, 0.29) is 36.0 Å². The first-order chi connectivity index (χ1) is 5.39. The van der Waals surface area contributed by atoms with Gasteiger partial charge < -0.3 is 9.90 Å². The van der Waals surface area contributed by atoms with Crippen molar-refractivity contribution in [1.82, 2.24) is 0 Å². The van der Waals surface area contributed by atoms with Crippen molar-refractivity contribution in [3.05, 3.63) is 0 Å². The van der Waals surface area contributed by atoms with Gasteiger partial charge in [0.2, 0.25) is 0 Å². The standard InChI is InChI=1S/C6H12O5S.Na/c1-2-3-4-5(6(7)8)12(9,10)11;/h5H,2-4H2,1H3,(H,7,8)(H,9,10,11);/q;+1/p-1. The Kier molecular flexibility index (Phi) is 8.26. The molecule has 0 saturated heterocycles. The molecule has 0 spiro atoms. The Labute approximate surface area is 99.6 Å². The maximum Gasteiger partial charge on any atom is 1.00 e. The number of carbonyl (C=O) groups is 1. The first-order valence-corrected chi connectivity index (χ1v) is 5.07. The number of unbranched alkanes of at least 4 members (excludes halogenated alkanes) is 1. The predicted molar refractivity (Wildman–Crippen MR) is 39.9 cm³/mol. The van der Waals surface area contributed by atoms with E-state index in [9.17, 15) is 18.3 Å². The normalized spacial score (nSPS) is 13.1. The van der Waals surface area contributed by atoms with Gasteiger partial charge in [-0.1, -0.05) is 19.8 Å². The van der Waals surface area contributed by atoms with E-state index in [0.717, 1.165) is 0 Å². The summed E-state index contributed by atoms with van der Waals surface area (Å²) in [5.41, 5.74) is 0. The zero-order valence-corrected chi connectivity index (χ0v) is 10.5. The van der Waals surface area contributed by atoms with Crippen LogP contribution in [-0.4, -0.2) is 24.2 Å². The van der Waals surface area contributed by atoms with Crippen LogP contribution in [0.25, 0.3) is 0 Å². The zero-order chi connectivity index (χ0) is 9.78. The second-order valence-corrected chi connectivity index (χ2v) is 4.06. The first-order valence-electron chi connectivity index (χ1n) is 3.56. The molecule has 0 aromatic rings. The van der Waals surface area contributed by atoms with Gasteiger partial charge in [-0.15, -0.1) is 0 Å². The average Bonchev–Trinajstić information content (AvgIpc) is 1.84. The summed E-state index contributed by atoms with van der Waals surface area (Å²) in [6, 6.07) is 0. The van der Waals surface area contributed by atoms with Crippen LogP contribution in [-0.2, 0) is 14.9 Å². The number of hydrogen-bond donors (Lipinski definition) is 1. The zero-order valence-electron chi connectivity index (χ0n) is 7.69. The van der Waals surface area contributed by atoms with Crippen LogP contribution in [0.4, 0.5) is 0 Å². The van der Waals surface area contributed by atoms with Crippen LogP contribution in [0.15, 0.2) is 0 Å². The van der Waals surface area contributed by atoms with Crippen molar-refractivity contribution in [2.45, 2.75) is 31.4 Å². The van der Waals surface area contributed by atoms with Crippen molar-refractivity contribution < 1.29 is 52.4 Å². The SMILES string of the molecule is CCCCC(C(=O)[O-])S(=O)(=O)O.[Na+]. The Hall–Kier alpha value is 0.380. The number of rotatable bonds is 5. The first kappa shape index (κ1) is 15.8. The van der Waals surface area contributed by atoms with Gasteiger partial charge in [0.1, 0.15) is 5.25 Å². The third kappa shape index (κ3) is 6.45. The third-order valence-electron chi connectivity index (χ3n) is 1.44. The van der Waals surface area contributed by atoms with E-state index in [1.54, 1.807) is 6.92 Å². The van der Waals surface area contributed by atoms with E-state index >= 15 is 0 Å². The molecule has 0 rings (SSSR count). The van der Waals surface area contributed by atoms with Crippen LogP contribution in [0.2, 0.25) is 0 Å². The second kappa shape index (κ2) is 6.78. The molecule has 1 atom stereocenters. The van der Waals surface area contributed by atoms with E-state index in [1.807, 2.05) is 0 Å². The molecule has 1 unspecified atom stereocenters. The van der Waals surface area contributed by atoms with Gasteiger partial charge in [-0.3, -0.25) is 4.55 Å². The van der Waals surface area contributed by atoms with Gasteiger partial charge in [-0.25, -0.2) is 0 Å². The molecule has 0 fully saturated rings. The minimum absolute atomic E-state index is 0. The minimum Gasteiger partial charge on any atom is -0.549 e. The molecule has 0 aromatic carbocycles. The maximum absolute atomic E-state index is 10.4. The topological polar surface area (TPSA) is 94.5 Å². The predicted octanol–water partition coefficient (Wildman–Crippen LogP) is -3.81. The van der Waals surface area contributed by atoms with Gasteiger partial charge in [0.25, 0.3) is 10.1 Å². The van der Waals surface area contributed by atoms with Crippen LogP contribution in [0.3, 0.4) is 0 Å². The second-order valence-electron chi connectivity index (χ2n) is 2.46. The van der Waals surface area contributed by atoms with Crippen molar-refractivity contribution >= 4 is 16.1 Å².